The molecule has 0 unspecified atom stereocenters. The van der Waals surface area contributed by atoms with Gasteiger partial charge in [-0.3, -0.25) is 4.79 Å². The van der Waals surface area contributed by atoms with E-state index in [1.807, 2.05) is 24.3 Å². The predicted molar refractivity (Wildman–Crippen MR) is 139 cm³/mol. The zero-order chi connectivity index (χ0) is 25.2. The molecule has 9 nitrogen and oxygen atoms in total. The number of ether oxygens (including phenoxy) is 2. The quantitative estimate of drug-likeness (QED) is 0.497. The molecule has 10 heteroatoms. The van der Waals surface area contributed by atoms with Crippen molar-refractivity contribution in [2.75, 3.05) is 32.0 Å². The molecule has 190 valence electrons. The maximum Gasteiger partial charge on any atom is 0.251 e. The molecule has 4 heterocycles. The fraction of sp³-hybridized carbons (Fsp3) is 0.423. The first-order valence-corrected chi connectivity index (χ1v) is 13.1. The standard InChI is InChI=1S/C26H31N5O4S/c1-3-18-14-20-21(35-13-12-34-20)15-22(18)36-26-29-23-19(4-8-28-24(23)27)31(26)11-7-17-5-9-30(10-6-17)25(33)16(2)32/h3-4,8,14-17,32H,1,5-7,9-13H2,2H3,(H2,27,28)/t16-/m0/s1. The Bertz CT molecular complexity index is 1280. The van der Waals surface area contributed by atoms with Gasteiger partial charge in [-0.05, 0) is 55.9 Å². The molecule has 1 amide bonds. The minimum Gasteiger partial charge on any atom is -0.486 e. The Hall–Kier alpha value is -3.24. The molecule has 1 atom stereocenters. The first-order chi connectivity index (χ1) is 17.4. The van der Waals surface area contributed by atoms with Crippen molar-refractivity contribution in [3.05, 3.63) is 36.5 Å². The number of aromatic nitrogens is 3. The van der Waals surface area contributed by atoms with Crippen molar-refractivity contribution >= 4 is 40.6 Å². The number of carbonyl (C=O) groups is 1. The third-order valence-corrected chi connectivity index (χ3v) is 7.87. The van der Waals surface area contributed by atoms with Crippen molar-refractivity contribution in [1.82, 2.24) is 19.4 Å². The molecule has 36 heavy (non-hydrogen) atoms. The van der Waals surface area contributed by atoms with E-state index in [2.05, 4.69) is 16.1 Å². The van der Waals surface area contributed by atoms with Crippen LogP contribution in [0.1, 0.15) is 31.7 Å². The van der Waals surface area contributed by atoms with Crippen LogP contribution in [0, 0.1) is 5.92 Å². The van der Waals surface area contributed by atoms with Gasteiger partial charge in [-0.2, -0.15) is 0 Å². The Kier molecular flexibility index (Phi) is 7.06. The van der Waals surface area contributed by atoms with Crippen LogP contribution in [0.15, 0.2) is 41.0 Å². The van der Waals surface area contributed by atoms with E-state index in [0.29, 0.717) is 43.6 Å². The highest BCUT2D eigenvalue weighted by atomic mass is 32.2. The highest BCUT2D eigenvalue weighted by molar-refractivity contribution is 7.99. The van der Waals surface area contributed by atoms with Crippen molar-refractivity contribution in [1.29, 1.82) is 0 Å². The lowest BCUT2D eigenvalue weighted by Gasteiger charge is -2.33. The molecule has 1 aromatic carbocycles. The van der Waals surface area contributed by atoms with Crippen molar-refractivity contribution in [3.63, 3.8) is 0 Å². The number of hydrogen-bond donors (Lipinski definition) is 2. The number of piperidine rings is 1. The topological polar surface area (TPSA) is 116 Å². The van der Waals surface area contributed by atoms with Gasteiger partial charge >= 0.3 is 0 Å². The van der Waals surface area contributed by atoms with E-state index in [-0.39, 0.29) is 5.91 Å². The second-order valence-corrected chi connectivity index (χ2v) is 10.2. The zero-order valence-corrected chi connectivity index (χ0v) is 21.2. The van der Waals surface area contributed by atoms with Crippen LogP contribution in [0.4, 0.5) is 5.82 Å². The summed E-state index contributed by atoms with van der Waals surface area (Å²) in [7, 11) is 0. The number of fused-ring (bicyclic) bond motifs is 2. The Balaban J connectivity index is 1.38. The molecule has 2 aliphatic rings. The molecule has 5 rings (SSSR count). The number of likely N-dealkylation sites (tertiary alicyclic amines) is 1. The lowest BCUT2D eigenvalue weighted by Crippen LogP contribution is -2.43. The van der Waals surface area contributed by atoms with Crippen molar-refractivity contribution in [2.45, 2.75) is 48.9 Å². The summed E-state index contributed by atoms with van der Waals surface area (Å²) in [6.07, 6.45) is 5.36. The summed E-state index contributed by atoms with van der Waals surface area (Å²) in [4.78, 5) is 23.9. The average Bonchev–Trinajstić information content (AvgIpc) is 3.25. The van der Waals surface area contributed by atoms with Gasteiger partial charge < -0.3 is 29.8 Å². The smallest absolute Gasteiger partial charge is 0.251 e. The molecule has 0 radical (unpaired) electrons. The van der Waals surface area contributed by atoms with Crippen LogP contribution in [0.3, 0.4) is 0 Å². The highest BCUT2D eigenvalue weighted by Crippen LogP contribution is 2.41. The van der Waals surface area contributed by atoms with Gasteiger partial charge in [0, 0.05) is 30.7 Å². The van der Waals surface area contributed by atoms with Crippen LogP contribution >= 0.6 is 11.8 Å². The van der Waals surface area contributed by atoms with Gasteiger partial charge in [0.25, 0.3) is 5.91 Å². The average molecular weight is 510 g/mol. The van der Waals surface area contributed by atoms with E-state index < -0.39 is 6.10 Å². The van der Waals surface area contributed by atoms with Crippen molar-refractivity contribution in [2.24, 2.45) is 5.92 Å². The van der Waals surface area contributed by atoms with Gasteiger partial charge in [0.2, 0.25) is 0 Å². The largest absolute Gasteiger partial charge is 0.486 e. The summed E-state index contributed by atoms with van der Waals surface area (Å²) in [6, 6.07) is 5.89. The summed E-state index contributed by atoms with van der Waals surface area (Å²) < 4.78 is 13.7. The third-order valence-electron chi connectivity index (χ3n) is 6.80. The second kappa shape index (κ2) is 10.4. The maximum atomic E-state index is 12.1. The number of aliphatic hydroxyl groups is 1. The number of hydrogen-bond acceptors (Lipinski definition) is 8. The number of imidazole rings is 1. The van der Waals surface area contributed by atoms with Gasteiger partial charge in [-0.1, -0.05) is 24.4 Å². The minimum atomic E-state index is -0.946. The fourth-order valence-corrected chi connectivity index (χ4v) is 5.85. The number of nitrogens with two attached hydrogens (primary N) is 1. The van der Waals surface area contributed by atoms with E-state index in [1.54, 1.807) is 22.9 Å². The van der Waals surface area contributed by atoms with Crippen LogP contribution in [0.25, 0.3) is 17.1 Å². The number of aliphatic hydroxyl groups excluding tert-OH is 1. The lowest BCUT2D eigenvalue weighted by molar-refractivity contribution is -0.140. The van der Waals surface area contributed by atoms with Crippen molar-refractivity contribution < 1.29 is 19.4 Å². The normalized spacial score (nSPS) is 16.8. The van der Waals surface area contributed by atoms with E-state index in [0.717, 1.165) is 58.4 Å². The molecular formula is C26H31N5O4S. The summed E-state index contributed by atoms with van der Waals surface area (Å²) in [5.41, 5.74) is 8.77. The molecule has 3 N–H and O–H groups in total. The van der Waals surface area contributed by atoms with Crippen LogP contribution in [-0.2, 0) is 11.3 Å². The summed E-state index contributed by atoms with van der Waals surface area (Å²) in [5, 5.41) is 10.4. The maximum absolute atomic E-state index is 12.1. The third kappa shape index (κ3) is 4.87. The number of rotatable bonds is 7. The number of nitrogen functional groups attached to an aromatic ring is 1. The summed E-state index contributed by atoms with van der Waals surface area (Å²) in [5.74, 6) is 2.15. The Labute approximate surface area is 214 Å². The molecule has 2 aliphatic heterocycles. The molecule has 1 saturated heterocycles. The Morgan fingerprint density at radius 1 is 1.31 bits per heavy atom. The van der Waals surface area contributed by atoms with E-state index >= 15 is 0 Å². The summed E-state index contributed by atoms with van der Waals surface area (Å²) in [6.45, 7) is 8.68. The SMILES string of the molecule is C=Cc1cc2c(cc1Sc1nc3c(N)nccc3n1CCC1CCN(C(=O)[C@H](C)O)CC1)OCCO2. The molecule has 0 aliphatic carbocycles. The lowest BCUT2D eigenvalue weighted by atomic mass is 9.93. The molecule has 0 saturated carbocycles. The number of pyridine rings is 1. The molecule has 0 spiro atoms. The Morgan fingerprint density at radius 2 is 2.03 bits per heavy atom. The first-order valence-electron chi connectivity index (χ1n) is 12.3. The van der Waals surface area contributed by atoms with E-state index in [9.17, 15) is 9.90 Å². The molecule has 3 aromatic rings. The van der Waals surface area contributed by atoms with Crippen LogP contribution in [0.2, 0.25) is 0 Å². The predicted octanol–water partition coefficient (Wildman–Crippen LogP) is 3.59. The van der Waals surface area contributed by atoms with E-state index in [4.69, 9.17) is 20.2 Å². The van der Waals surface area contributed by atoms with Gasteiger partial charge in [-0.25, -0.2) is 9.97 Å². The van der Waals surface area contributed by atoms with Gasteiger partial charge in [0.1, 0.15) is 24.8 Å². The number of benzene rings is 1. The number of nitrogens with zero attached hydrogens (tertiary/aromatic N) is 4. The van der Waals surface area contributed by atoms with Crippen LogP contribution < -0.4 is 15.2 Å². The molecule has 0 bridgehead atoms. The monoisotopic (exact) mass is 509 g/mol. The number of amides is 1. The highest BCUT2D eigenvalue weighted by Gasteiger charge is 2.26. The van der Waals surface area contributed by atoms with Crippen molar-refractivity contribution in [3.8, 4) is 11.5 Å². The minimum absolute atomic E-state index is 0.187. The van der Waals surface area contributed by atoms with Gasteiger partial charge in [0.05, 0.1) is 5.52 Å². The molecular weight excluding hydrogens is 478 g/mol. The number of carbonyl (C=O) groups excluding carboxylic acids is 1. The fourth-order valence-electron chi connectivity index (χ4n) is 4.79. The van der Waals surface area contributed by atoms with Gasteiger partial charge in [-0.15, -0.1) is 0 Å². The number of anilines is 1. The van der Waals surface area contributed by atoms with Crippen LogP contribution in [-0.4, -0.2) is 62.9 Å². The van der Waals surface area contributed by atoms with Gasteiger partial charge in [0.15, 0.2) is 22.5 Å². The molecule has 1 fully saturated rings. The first kappa shape index (κ1) is 24.5. The number of aryl methyl sites for hydroxylation is 1. The van der Waals surface area contributed by atoms with Crippen LogP contribution in [0.5, 0.6) is 11.5 Å². The second-order valence-electron chi connectivity index (χ2n) is 9.18. The zero-order valence-electron chi connectivity index (χ0n) is 20.4. The van der Waals surface area contributed by atoms with E-state index in [1.165, 1.54) is 6.92 Å². The summed E-state index contributed by atoms with van der Waals surface area (Å²) >= 11 is 1.55. The molecule has 2 aromatic heterocycles. The Morgan fingerprint density at radius 3 is 2.72 bits per heavy atom.